The smallest absolute Gasteiger partial charge is 0.0702 e. The Labute approximate surface area is 192 Å². The van der Waals surface area contributed by atoms with Gasteiger partial charge in [0.25, 0.3) is 0 Å². The lowest BCUT2D eigenvalue weighted by Crippen LogP contribution is -1.93. The quantitative estimate of drug-likeness (QED) is 0.280. The van der Waals surface area contributed by atoms with Gasteiger partial charge in [0, 0.05) is 23.5 Å². The Kier molecular flexibility index (Phi) is 7.45. The van der Waals surface area contributed by atoms with Crippen LogP contribution in [-0.2, 0) is 25.7 Å². The number of nitrogens with zero attached hydrogens (tertiary/aromatic N) is 2. The van der Waals surface area contributed by atoms with Crippen molar-refractivity contribution in [3.63, 3.8) is 0 Å². The molecule has 2 aromatic carbocycles. The van der Waals surface area contributed by atoms with E-state index in [1.54, 1.807) is 0 Å². The Hall–Kier alpha value is -3.26. The molecule has 2 heteroatoms. The summed E-state index contributed by atoms with van der Waals surface area (Å²) in [6, 6.07) is 26.3. The second-order valence-electron chi connectivity index (χ2n) is 8.50. The fourth-order valence-electron chi connectivity index (χ4n) is 4.04. The highest BCUT2D eigenvalue weighted by Crippen LogP contribution is 2.21. The van der Waals surface area contributed by atoms with E-state index in [9.17, 15) is 0 Å². The summed E-state index contributed by atoms with van der Waals surface area (Å²) < 4.78 is 0. The molecule has 2 heterocycles. The monoisotopic (exact) mass is 420 g/mol. The average molecular weight is 421 g/mol. The summed E-state index contributed by atoms with van der Waals surface area (Å²) in [6.45, 7) is 4.40. The highest BCUT2D eigenvalue weighted by Gasteiger charge is 2.03. The van der Waals surface area contributed by atoms with E-state index < -0.39 is 0 Å². The molecule has 0 saturated carbocycles. The highest BCUT2D eigenvalue weighted by molar-refractivity contribution is 5.60. The van der Waals surface area contributed by atoms with Crippen LogP contribution in [0.2, 0.25) is 0 Å². The summed E-state index contributed by atoms with van der Waals surface area (Å²) in [5.74, 6) is 0. The molecule has 0 unspecified atom stereocenters. The molecule has 0 radical (unpaired) electrons. The van der Waals surface area contributed by atoms with Gasteiger partial charge >= 0.3 is 0 Å². The maximum Gasteiger partial charge on any atom is 0.0702 e. The zero-order valence-corrected chi connectivity index (χ0v) is 19.2. The van der Waals surface area contributed by atoms with Gasteiger partial charge in [-0.25, -0.2) is 0 Å². The molecule has 0 atom stereocenters. The third kappa shape index (κ3) is 5.70. The number of benzene rings is 2. The SMILES string of the molecule is CCCc1ccc(-c2ccc(CCc3ccc(-c4ccc(CCC)cn4)cc3)cc2)nc1. The van der Waals surface area contributed by atoms with E-state index in [0.717, 1.165) is 49.9 Å². The van der Waals surface area contributed by atoms with Crippen LogP contribution in [0.25, 0.3) is 22.5 Å². The van der Waals surface area contributed by atoms with E-state index in [0.29, 0.717) is 0 Å². The average Bonchev–Trinajstić information content (AvgIpc) is 2.85. The number of hydrogen-bond donors (Lipinski definition) is 0. The number of hydrogen-bond acceptors (Lipinski definition) is 2. The fraction of sp³-hybridized carbons (Fsp3) is 0.267. The third-order valence-electron chi connectivity index (χ3n) is 5.93. The molecule has 0 aliphatic heterocycles. The van der Waals surface area contributed by atoms with Gasteiger partial charge in [0.1, 0.15) is 0 Å². The van der Waals surface area contributed by atoms with Crippen LogP contribution in [0.15, 0.2) is 85.2 Å². The van der Waals surface area contributed by atoms with Gasteiger partial charge in [-0.05, 0) is 60.1 Å². The summed E-state index contributed by atoms with van der Waals surface area (Å²) in [5, 5.41) is 0. The molecule has 32 heavy (non-hydrogen) atoms. The molecule has 2 nitrogen and oxygen atoms in total. The van der Waals surface area contributed by atoms with Crippen LogP contribution in [0.3, 0.4) is 0 Å². The van der Waals surface area contributed by atoms with Crippen molar-refractivity contribution in [3.05, 3.63) is 107 Å². The molecule has 0 aliphatic carbocycles. The van der Waals surface area contributed by atoms with Crippen molar-refractivity contribution in [2.24, 2.45) is 0 Å². The van der Waals surface area contributed by atoms with Crippen LogP contribution in [0.4, 0.5) is 0 Å². The summed E-state index contributed by atoms with van der Waals surface area (Å²) in [5.41, 5.74) is 9.78. The van der Waals surface area contributed by atoms with Crippen LogP contribution >= 0.6 is 0 Å². The van der Waals surface area contributed by atoms with Crippen molar-refractivity contribution in [3.8, 4) is 22.5 Å². The van der Waals surface area contributed by atoms with Crippen molar-refractivity contribution in [2.75, 3.05) is 0 Å². The van der Waals surface area contributed by atoms with Crippen LogP contribution < -0.4 is 0 Å². The minimum absolute atomic E-state index is 1.03. The minimum Gasteiger partial charge on any atom is -0.256 e. The Balaban J connectivity index is 1.34. The van der Waals surface area contributed by atoms with E-state index >= 15 is 0 Å². The zero-order chi connectivity index (χ0) is 22.2. The maximum atomic E-state index is 4.63. The summed E-state index contributed by atoms with van der Waals surface area (Å²) in [4.78, 5) is 9.27. The first kappa shape index (κ1) is 22.0. The standard InChI is InChI=1S/C30H32N2/c1-3-5-25-13-19-29(31-21-25)27-15-9-23(10-16-27)7-8-24-11-17-28(18-12-24)30-20-14-26(6-4-2)22-32-30/h9-22H,3-8H2,1-2H3. The Morgan fingerprint density at radius 1 is 0.438 bits per heavy atom. The van der Waals surface area contributed by atoms with E-state index in [1.807, 2.05) is 12.4 Å². The molecule has 162 valence electrons. The largest absolute Gasteiger partial charge is 0.256 e. The molecular weight excluding hydrogens is 388 g/mol. The lowest BCUT2D eigenvalue weighted by atomic mass is 10.0. The fourth-order valence-corrected chi connectivity index (χ4v) is 4.04. The number of rotatable bonds is 9. The molecule has 0 amide bonds. The van der Waals surface area contributed by atoms with Crippen molar-refractivity contribution >= 4 is 0 Å². The molecule has 2 aromatic heterocycles. The van der Waals surface area contributed by atoms with Crippen LogP contribution in [0.5, 0.6) is 0 Å². The zero-order valence-electron chi connectivity index (χ0n) is 19.2. The van der Waals surface area contributed by atoms with Gasteiger partial charge < -0.3 is 0 Å². The predicted octanol–water partition coefficient (Wildman–Crippen LogP) is 7.50. The van der Waals surface area contributed by atoms with Gasteiger partial charge in [0.2, 0.25) is 0 Å². The van der Waals surface area contributed by atoms with E-state index in [4.69, 9.17) is 0 Å². The molecule has 0 saturated heterocycles. The molecule has 0 N–H and O–H groups in total. The van der Waals surface area contributed by atoms with E-state index in [1.165, 1.54) is 33.4 Å². The third-order valence-corrected chi connectivity index (χ3v) is 5.93. The van der Waals surface area contributed by atoms with Crippen LogP contribution in [-0.4, -0.2) is 9.97 Å². The van der Waals surface area contributed by atoms with E-state index in [2.05, 4.69) is 96.6 Å². The van der Waals surface area contributed by atoms with Gasteiger partial charge in [-0.15, -0.1) is 0 Å². The molecule has 4 rings (SSSR count). The first-order chi connectivity index (χ1) is 15.7. The molecule has 4 aromatic rings. The Bertz CT molecular complexity index is 1000. The van der Waals surface area contributed by atoms with Crippen molar-refractivity contribution in [2.45, 2.75) is 52.4 Å². The van der Waals surface area contributed by atoms with Crippen LogP contribution in [0, 0.1) is 0 Å². The number of aryl methyl sites for hydroxylation is 4. The maximum absolute atomic E-state index is 4.63. The van der Waals surface area contributed by atoms with Gasteiger partial charge in [-0.2, -0.15) is 0 Å². The van der Waals surface area contributed by atoms with E-state index in [-0.39, 0.29) is 0 Å². The normalized spacial score (nSPS) is 10.9. The van der Waals surface area contributed by atoms with Gasteiger partial charge in [-0.3, -0.25) is 9.97 Å². The molecule has 0 bridgehead atoms. The second-order valence-corrected chi connectivity index (χ2v) is 8.50. The van der Waals surface area contributed by atoms with Gasteiger partial charge in [0.15, 0.2) is 0 Å². The lowest BCUT2D eigenvalue weighted by Gasteiger charge is -2.07. The second kappa shape index (κ2) is 10.9. The topological polar surface area (TPSA) is 25.8 Å². The number of pyridine rings is 2. The first-order valence-electron chi connectivity index (χ1n) is 11.8. The summed E-state index contributed by atoms with van der Waals surface area (Å²) in [6.07, 6.45) is 10.6. The van der Waals surface area contributed by atoms with Gasteiger partial charge in [-0.1, -0.05) is 87.4 Å². The van der Waals surface area contributed by atoms with Crippen molar-refractivity contribution in [1.82, 2.24) is 9.97 Å². The molecule has 0 spiro atoms. The molecule has 0 aliphatic rings. The van der Waals surface area contributed by atoms with Crippen LogP contribution in [0.1, 0.15) is 48.9 Å². The molecular formula is C30H32N2. The summed E-state index contributed by atoms with van der Waals surface area (Å²) in [7, 11) is 0. The Morgan fingerprint density at radius 3 is 1.12 bits per heavy atom. The summed E-state index contributed by atoms with van der Waals surface area (Å²) >= 11 is 0. The predicted molar refractivity (Wildman–Crippen MR) is 135 cm³/mol. The lowest BCUT2D eigenvalue weighted by molar-refractivity contribution is 0.914. The van der Waals surface area contributed by atoms with Gasteiger partial charge in [0.05, 0.1) is 11.4 Å². The molecule has 0 fully saturated rings. The minimum atomic E-state index is 1.03. The number of aromatic nitrogens is 2. The first-order valence-corrected chi connectivity index (χ1v) is 11.8. The van der Waals surface area contributed by atoms with Crippen molar-refractivity contribution in [1.29, 1.82) is 0 Å². The Morgan fingerprint density at radius 2 is 0.812 bits per heavy atom. The van der Waals surface area contributed by atoms with Crippen molar-refractivity contribution < 1.29 is 0 Å². The highest BCUT2D eigenvalue weighted by atomic mass is 14.7.